The Bertz CT molecular complexity index is 4180. The third-order valence-corrected chi connectivity index (χ3v) is 13.9. The van der Waals surface area contributed by atoms with Crippen LogP contribution in [0.2, 0.25) is 0 Å². The van der Waals surface area contributed by atoms with Gasteiger partial charge in [-0.05, 0) is 118 Å². The van der Waals surface area contributed by atoms with Crippen molar-refractivity contribution >= 4 is 43.6 Å². The van der Waals surface area contributed by atoms with Crippen molar-refractivity contribution in [1.82, 2.24) is 24.1 Å². The zero-order chi connectivity index (χ0) is 49.7. The summed E-state index contributed by atoms with van der Waals surface area (Å²) in [7, 11) is 0. The van der Waals surface area contributed by atoms with E-state index in [0.717, 1.165) is 105 Å². The molecule has 0 atom stereocenters. The summed E-state index contributed by atoms with van der Waals surface area (Å²) in [5, 5.41) is 33.8. The van der Waals surface area contributed by atoms with Gasteiger partial charge in [0, 0.05) is 38.2 Å². The molecule has 0 saturated carbocycles. The van der Waals surface area contributed by atoms with Gasteiger partial charge in [-0.25, -0.2) is 15.0 Å². The topological polar surface area (TPSA) is 120 Å². The Morgan fingerprint density at radius 3 is 1.01 bits per heavy atom. The lowest BCUT2D eigenvalue weighted by atomic mass is 9.99. The highest BCUT2D eigenvalue weighted by molar-refractivity contribution is 6.11. The minimum Gasteiger partial charge on any atom is -0.308 e. The maximum Gasteiger partial charge on any atom is 0.166 e. The third kappa shape index (κ3) is 7.42. The molecule has 0 amide bonds. The van der Waals surface area contributed by atoms with Crippen molar-refractivity contribution in [1.29, 1.82) is 15.8 Å². The first kappa shape index (κ1) is 43.3. The summed E-state index contributed by atoms with van der Waals surface area (Å²) in [6, 6.07) is 84.4. The Kier molecular flexibility index (Phi) is 10.5. The van der Waals surface area contributed by atoms with Crippen molar-refractivity contribution in [3.63, 3.8) is 0 Å². The smallest absolute Gasteiger partial charge is 0.166 e. The van der Waals surface area contributed by atoms with Crippen LogP contribution >= 0.6 is 0 Å². The number of rotatable bonds is 8. The first-order valence-electron chi connectivity index (χ1n) is 24.2. The van der Waals surface area contributed by atoms with E-state index in [9.17, 15) is 15.8 Å². The van der Waals surface area contributed by atoms with Crippen LogP contribution in [0.3, 0.4) is 0 Å². The lowest BCUT2D eigenvalue weighted by Gasteiger charge is -2.18. The van der Waals surface area contributed by atoms with Gasteiger partial charge in [0.15, 0.2) is 17.5 Å². The van der Waals surface area contributed by atoms with Gasteiger partial charge in [0.05, 0.1) is 68.3 Å². The molecule has 0 fully saturated rings. The van der Waals surface area contributed by atoms with Gasteiger partial charge in [-0.3, -0.25) is 0 Å². The largest absolute Gasteiger partial charge is 0.308 e. The molecule has 8 nitrogen and oxygen atoms in total. The molecular weight excluding hydrogens is 905 g/mol. The van der Waals surface area contributed by atoms with Gasteiger partial charge in [0.2, 0.25) is 0 Å². The second-order valence-corrected chi connectivity index (χ2v) is 18.2. The number of hydrogen-bond acceptors (Lipinski definition) is 6. The lowest BCUT2D eigenvalue weighted by Crippen LogP contribution is -2.06. The second kappa shape index (κ2) is 17.9. The van der Waals surface area contributed by atoms with E-state index >= 15 is 0 Å². The molecule has 3 aromatic heterocycles. The number of fused-ring (bicyclic) bond motifs is 6. The number of nitriles is 3. The number of aromatic nitrogens is 5. The molecular formula is C66H38N8. The van der Waals surface area contributed by atoms with Gasteiger partial charge >= 0.3 is 0 Å². The SMILES string of the molecule is N#Cc1ccc(-c2ccc(-c3nc(-c4ccc(-c5cccc(C#N)c5)cc4-n4c5ccccc5c5ccccc54)nc(-c4ccc(-c5cccc(C#N)c5)cc4-n4c5ccccc5c5ccccc54)n3)cc2)cc1. The predicted octanol–water partition coefficient (Wildman–Crippen LogP) is 15.7. The summed E-state index contributed by atoms with van der Waals surface area (Å²) in [4.78, 5) is 16.4. The molecule has 13 rings (SSSR count). The second-order valence-electron chi connectivity index (χ2n) is 18.2. The standard InChI is InChI=1S/C66H38N8/c67-39-42-23-25-45(26-24-42)46-27-29-47(30-28-46)64-70-65(56-33-31-50(48-13-9-11-43(35-48)40-68)37-62(56)73-58-19-5-1-15-52(58)53-16-2-6-20-59(53)73)72-66(71-64)57-34-32-51(49-14-10-12-44(36-49)41-69)38-63(57)74-60-21-7-3-17-54(60)55-18-4-8-22-61(55)74/h1-38H. The van der Waals surface area contributed by atoms with Gasteiger partial charge in [-0.1, -0.05) is 146 Å². The molecule has 0 radical (unpaired) electrons. The zero-order valence-corrected chi connectivity index (χ0v) is 39.5. The van der Waals surface area contributed by atoms with Gasteiger partial charge in [-0.2, -0.15) is 15.8 Å². The Morgan fingerprint density at radius 1 is 0.270 bits per heavy atom. The summed E-state index contributed by atoms with van der Waals surface area (Å²) >= 11 is 0. The van der Waals surface area contributed by atoms with E-state index in [1.54, 1.807) is 0 Å². The van der Waals surface area contributed by atoms with Gasteiger partial charge in [-0.15, -0.1) is 0 Å². The van der Waals surface area contributed by atoms with E-state index < -0.39 is 0 Å². The van der Waals surface area contributed by atoms with Crippen LogP contribution in [0.5, 0.6) is 0 Å². The average Bonchev–Trinajstić information content (AvgIpc) is 4.02. The van der Waals surface area contributed by atoms with Crippen molar-refractivity contribution in [2.75, 3.05) is 0 Å². The van der Waals surface area contributed by atoms with E-state index in [2.05, 4.69) is 173 Å². The Balaban J connectivity index is 1.10. The molecule has 13 aromatic rings. The molecule has 10 aromatic carbocycles. The minimum atomic E-state index is 0.467. The maximum absolute atomic E-state index is 9.95. The van der Waals surface area contributed by atoms with Crippen molar-refractivity contribution < 1.29 is 0 Å². The fourth-order valence-corrected chi connectivity index (χ4v) is 10.4. The van der Waals surface area contributed by atoms with E-state index in [1.165, 1.54) is 0 Å². The van der Waals surface area contributed by atoms with Crippen LogP contribution in [0.25, 0.3) is 123 Å². The number of para-hydroxylation sites is 4. The van der Waals surface area contributed by atoms with Crippen molar-refractivity contribution in [2.24, 2.45) is 0 Å². The van der Waals surface area contributed by atoms with Crippen LogP contribution in [0, 0.1) is 34.0 Å². The molecule has 3 heterocycles. The highest BCUT2D eigenvalue weighted by Crippen LogP contribution is 2.41. The first-order valence-corrected chi connectivity index (χ1v) is 24.2. The molecule has 0 aliphatic heterocycles. The Hall–Kier alpha value is -10.7. The van der Waals surface area contributed by atoms with E-state index in [0.29, 0.717) is 34.2 Å². The normalized spacial score (nSPS) is 11.2. The number of hydrogen-bond donors (Lipinski definition) is 0. The summed E-state index contributed by atoms with van der Waals surface area (Å²) in [6.07, 6.45) is 0. The molecule has 0 aliphatic carbocycles. The van der Waals surface area contributed by atoms with Gasteiger partial charge in [0.1, 0.15) is 0 Å². The van der Waals surface area contributed by atoms with Crippen LogP contribution in [0.4, 0.5) is 0 Å². The first-order chi connectivity index (χ1) is 36.5. The molecule has 342 valence electrons. The predicted molar refractivity (Wildman–Crippen MR) is 295 cm³/mol. The van der Waals surface area contributed by atoms with Gasteiger partial charge in [0.25, 0.3) is 0 Å². The molecule has 0 bridgehead atoms. The zero-order valence-electron chi connectivity index (χ0n) is 39.5. The Morgan fingerprint density at radius 2 is 0.608 bits per heavy atom. The highest BCUT2D eigenvalue weighted by atomic mass is 15.1. The van der Waals surface area contributed by atoms with E-state index in [1.807, 2.05) is 84.9 Å². The van der Waals surface area contributed by atoms with E-state index in [4.69, 9.17) is 15.0 Å². The van der Waals surface area contributed by atoms with Crippen molar-refractivity contribution in [2.45, 2.75) is 0 Å². The van der Waals surface area contributed by atoms with Crippen LogP contribution in [0.1, 0.15) is 16.7 Å². The van der Waals surface area contributed by atoms with Gasteiger partial charge < -0.3 is 9.13 Å². The molecule has 0 spiro atoms. The molecule has 0 saturated heterocycles. The fraction of sp³-hybridized carbons (Fsp3) is 0. The molecule has 0 aliphatic rings. The maximum atomic E-state index is 9.95. The van der Waals surface area contributed by atoms with Crippen LogP contribution in [-0.2, 0) is 0 Å². The summed E-state index contributed by atoms with van der Waals surface area (Å²) in [5.74, 6) is 1.41. The van der Waals surface area contributed by atoms with Crippen LogP contribution < -0.4 is 0 Å². The van der Waals surface area contributed by atoms with Crippen LogP contribution in [0.15, 0.2) is 231 Å². The average molecular weight is 943 g/mol. The van der Waals surface area contributed by atoms with Crippen molar-refractivity contribution in [3.05, 3.63) is 247 Å². The number of nitrogens with zero attached hydrogens (tertiary/aromatic N) is 8. The monoisotopic (exact) mass is 942 g/mol. The Labute approximate surface area is 425 Å². The molecule has 0 unspecified atom stereocenters. The van der Waals surface area contributed by atoms with Crippen molar-refractivity contribution in [3.8, 4) is 97.1 Å². The summed E-state index contributed by atoms with van der Waals surface area (Å²) < 4.78 is 4.58. The minimum absolute atomic E-state index is 0.467. The number of benzene rings is 10. The summed E-state index contributed by atoms with van der Waals surface area (Å²) in [5.41, 5.74) is 15.6. The lowest BCUT2D eigenvalue weighted by molar-refractivity contribution is 1.06. The van der Waals surface area contributed by atoms with Crippen LogP contribution in [-0.4, -0.2) is 24.1 Å². The van der Waals surface area contributed by atoms with E-state index in [-0.39, 0.29) is 0 Å². The third-order valence-electron chi connectivity index (χ3n) is 13.9. The molecule has 8 heteroatoms. The highest BCUT2D eigenvalue weighted by Gasteiger charge is 2.23. The quantitative estimate of drug-likeness (QED) is 0.150. The fourth-order valence-electron chi connectivity index (χ4n) is 10.4. The molecule has 74 heavy (non-hydrogen) atoms. The summed E-state index contributed by atoms with van der Waals surface area (Å²) in [6.45, 7) is 0. The molecule has 0 N–H and O–H groups in total.